The van der Waals surface area contributed by atoms with E-state index in [0.29, 0.717) is 0 Å². The van der Waals surface area contributed by atoms with Gasteiger partial charge >= 0.3 is 0 Å². The Labute approximate surface area is 124 Å². The number of benzene rings is 2. The average molecular weight is 361 g/mol. The van der Waals surface area contributed by atoms with Crippen molar-refractivity contribution >= 4 is 33.4 Å². The molecule has 2 nitrogen and oxygen atoms in total. The van der Waals surface area contributed by atoms with Gasteiger partial charge in [0.05, 0.1) is 0 Å². The fraction of sp³-hybridized carbons (Fsp3) is 0.0625. The second-order valence-electron chi connectivity index (χ2n) is 4.52. The summed E-state index contributed by atoms with van der Waals surface area (Å²) >= 11 is 2.28. The van der Waals surface area contributed by atoms with Gasteiger partial charge in [-0.15, -0.1) is 0 Å². The molecule has 0 N–H and O–H groups in total. The molecular weight excluding hydrogens is 349 g/mol. The van der Waals surface area contributed by atoms with E-state index in [4.69, 9.17) is 0 Å². The maximum absolute atomic E-state index is 12.1. The first-order valence-corrected chi connectivity index (χ1v) is 7.09. The standard InChI is InChI=1S/C16H12INO/c1-18-10-15(17)14-9-12(7-8-13(14)16(18)19)11-5-3-2-4-6-11/h2-10H,1H3. The van der Waals surface area contributed by atoms with Gasteiger partial charge in [-0.3, -0.25) is 4.79 Å². The minimum atomic E-state index is 0.0510. The Bertz CT molecular complexity index is 806. The lowest BCUT2D eigenvalue weighted by atomic mass is 10.0. The summed E-state index contributed by atoms with van der Waals surface area (Å²) in [6.07, 6.45) is 1.88. The molecule has 3 aromatic rings. The number of aryl methyl sites for hydroxylation is 1. The van der Waals surface area contributed by atoms with Gasteiger partial charge in [-0.25, -0.2) is 0 Å². The highest BCUT2D eigenvalue weighted by Gasteiger charge is 2.06. The average Bonchev–Trinajstić information content (AvgIpc) is 2.45. The smallest absolute Gasteiger partial charge is 0.258 e. The molecule has 1 aromatic heterocycles. The van der Waals surface area contributed by atoms with E-state index in [-0.39, 0.29) is 5.56 Å². The minimum Gasteiger partial charge on any atom is -0.317 e. The summed E-state index contributed by atoms with van der Waals surface area (Å²) in [5.74, 6) is 0. The highest BCUT2D eigenvalue weighted by atomic mass is 127. The van der Waals surface area contributed by atoms with Crippen LogP contribution in [0.1, 0.15) is 0 Å². The molecule has 0 amide bonds. The second-order valence-corrected chi connectivity index (χ2v) is 5.68. The van der Waals surface area contributed by atoms with Gasteiger partial charge in [0.25, 0.3) is 5.56 Å². The van der Waals surface area contributed by atoms with E-state index in [1.807, 2.05) is 36.5 Å². The first kappa shape index (κ1) is 12.4. The summed E-state index contributed by atoms with van der Waals surface area (Å²) in [5, 5.41) is 1.79. The van der Waals surface area contributed by atoms with Crippen molar-refractivity contribution in [1.82, 2.24) is 4.57 Å². The Hall–Kier alpha value is -1.62. The highest BCUT2D eigenvalue weighted by Crippen LogP contribution is 2.25. The van der Waals surface area contributed by atoms with Crippen molar-refractivity contribution < 1.29 is 0 Å². The molecule has 3 heteroatoms. The van der Waals surface area contributed by atoms with Crippen LogP contribution < -0.4 is 5.56 Å². The van der Waals surface area contributed by atoms with Gasteiger partial charge in [-0.1, -0.05) is 36.4 Å². The Kier molecular flexibility index (Phi) is 3.14. The zero-order chi connectivity index (χ0) is 13.4. The van der Waals surface area contributed by atoms with Crippen LogP contribution >= 0.6 is 22.6 Å². The summed E-state index contributed by atoms with van der Waals surface area (Å²) in [6, 6.07) is 16.2. The predicted molar refractivity (Wildman–Crippen MR) is 87.3 cm³/mol. The van der Waals surface area contributed by atoms with E-state index < -0.39 is 0 Å². The fourth-order valence-electron chi connectivity index (χ4n) is 2.23. The predicted octanol–water partition coefficient (Wildman–Crippen LogP) is 3.81. The van der Waals surface area contributed by atoms with Crippen LogP contribution in [0.3, 0.4) is 0 Å². The molecule has 0 aliphatic carbocycles. The molecule has 0 bridgehead atoms. The first-order chi connectivity index (χ1) is 9.16. The molecule has 0 radical (unpaired) electrons. The van der Waals surface area contributed by atoms with Crippen LogP contribution in [-0.2, 0) is 7.05 Å². The number of pyridine rings is 1. The number of hydrogen-bond acceptors (Lipinski definition) is 1. The number of rotatable bonds is 1. The lowest BCUT2D eigenvalue weighted by Crippen LogP contribution is -2.16. The van der Waals surface area contributed by atoms with Crippen molar-refractivity contribution in [3.05, 3.63) is 68.7 Å². The molecule has 0 spiro atoms. The van der Waals surface area contributed by atoms with Gasteiger partial charge in [0.1, 0.15) is 0 Å². The van der Waals surface area contributed by atoms with E-state index in [2.05, 4.69) is 40.8 Å². The lowest BCUT2D eigenvalue weighted by Gasteiger charge is -2.07. The third-order valence-corrected chi connectivity index (χ3v) is 4.10. The molecule has 0 saturated carbocycles. The number of nitrogens with zero attached hydrogens (tertiary/aromatic N) is 1. The van der Waals surface area contributed by atoms with Crippen LogP contribution in [0.5, 0.6) is 0 Å². The molecular formula is C16H12INO. The van der Waals surface area contributed by atoms with Crippen molar-refractivity contribution in [2.24, 2.45) is 7.05 Å². The Morgan fingerprint density at radius 2 is 1.68 bits per heavy atom. The monoisotopic (exact) mass is 361 g/mol. The van der Waals surface area contributed by atoms with Gasteiger partial charge in [-0.2, -0.15) is 0 Å². The van der Waals surface area contributed by atoms with Gasteiger partial charge in [-0.05, 0) is 45.9 Å². The Balaban J connectivity index is 2.31. The van der Waals surface area contributed by atoms with Crippen LogP contribution in [-0.4, -0.2) is 4.57 Å². The molecule has 0 saturated heterocycles. The maximum Gasteiger partial charge on any atom is 0.258 e. The largest absolute Gasteiger partial charge is 0.317 e. The normalized spacial score (nSPS) is 10.8. The summed E-state index contributed by atoms with van der Waals surface area (Å²) < 4.78 is 2.72. The molecule has 0 atom stereocenters. The number of halogens is 1. The SMILES string of the molecule is Cn1cc(I)c2cc(-c3ccccc3)ccc2c1=O. The molecule has 0 unspecified atom stereocenters. The van der Waals surface area contributed by atoms with Gasteiger partial charge in [0.15, 0.2) is 0 Å². The third-order valence-electron chi connectivity index (χ3n) is 3.24. The minimum absolute atomic E-state index is 0.0510. The van der Waals surface area contributed by atoms with Crippen LogP contribution in [0.15, 0.2) is 59.5 Å². The van der Waals surface area contributed by atoms with Crippen LogP contribution in [0.2, 0.25) is 0 Å². The number of fused-ring (bicyclic) bond motifs is 1. The van der Waals surface area contributed by atoms with Gasteiger partial charge < -0.3 is 4.57 Å². The molecule has 0 fully saturated rings. The van der Waals surface area contributed by atoms with Crippen molar-refractivity contribution in [3.8, 4) is 11.1 Å². The maximum atomic E-state index is 12.1. The summed E-state index contributed by atoms with van der Waals surface area (Å²) in [4.78, 5) is 12.1. The molecule has 94 valence electrons. The van der Waals surface area contributed by atoms with Crippen LogP contribution in [0, 0.1) is 3.57 Å². The number of aromatic nitrogens is 1. The van der Waals surface area contributed by atoms with E-state index in [0.717, 1.165) is 19.9 Å². The molecule has 0 aliphatic heterocycles. The van der Waals surface area contributed by atoms with E-state index in [1.165, 1.54) is 5.56 Å². The summed E-state index contributed by atoms with van der Waals surface area (Å²) in [5.41, 5.74) is 2.36. The van der Waals surface area contributed by atoms with Crippen molar-refractivity contribution in [2.45, 2.75) is 0 Å². The van der Waals surface area contributed by atoms with Crippen molar-refractivity contribution in [2.75, 3.05) is 0 Å². The molecule has 2 aromatic carbocycles. The van der Waals surface area contributed by atoms with Gasteiger partial charge in [0, 0.05) is 27.6 Å². The van der Waals surface area contributed by atoms with Gasteiger partial charge in [0.2, 0.25) is 0 Å². The van der Waals surface area contributed by atoms with Crippen LogP contribution in [0.25, 0.3) is 21.9 Å². The lowest BCUT2D eigenvalue weighted by molar-refractivity contribution is 0.868. The van der Waals surface area contributed by atoms with Crippen molar-refractivity contribution in [1.29, 1.82) is 0 Å². The molecule has 0 aliphatic rings. The second kappa shape index (κ2) is 4.81. The summed E-state index contributed by atoms with van der Waals surface area (Å²) in [6.45, 7) is 0. The number of hydrogen-bond donors (Lipinski definition) is 0. The highest BCUT2D eigenvalue weighted by molar-refractivity contribution is 14.1. The Morgan fingerprint density at radius 1 is 0.947 bits per heavy atom. The summed E-state index contributed by atoms with van der Waals surface area (Å²) in [7, 11) is 1.79. The Morgan fingerprint density at radius 3 is 2.42 bits per heavy atom. The first-order valence-electron chi connectivity index (χ1n) is 6.01. The topological polar surface area (TPSA) is 22.0 Å². The molecule has 1 heterocycles. The molecule has 19 heavy (non-hydrogen) atoms. The van der Waals surface area contributed by atoms with E-state index in [9.17, 15) is 4.79 Å². The fourth-order valence-corrected chi connectivity index (χ4v) is 3.09. The van der Waals surface area contributed by atoms with E-state index >= 15 is 0 Å². The zero-order valence-electron chi connectivity index (χ0n) is 10.4. The van der Waals surface area contributed by atoms with Crippen LogP contribution in [0.4, 0.5) is 0 Å². The van der Waals surface area contributed by atoms with Crippen molar-refractivity contribution in [3.63, 3.8) is 0 Å². The quantitative estimate of drug-likeness (QED) is 0.605. The third kappa shape index (κ3) is 2.18. The zero-order valence-corrected chi connectivity index (χ0v) is 12.6. The molecule has 3 rings (SSSR count). The van der Waals surface area contributed by atoms with E-state index in [1.54, 1.807) is 11.6 Å².